The van der Waals surface area contributed by atoms with E-state index in [4.69, 9.17) is 18.9 Å². The summed E-state index contributed by atoms with van der Waals surface area (Å²) in [6.07, 6.45) is -1.69. The van der Waals surface area contributed by atoms with Crippen molar-refractivity contribution >= 4 is 18.0 Å². The average Bonchev–Trinajstić information content (AvgIpc) is 3.16. The fraction of sp³-hybridized carbons (Fsp3) is 0.591. The molecule has 1 aliphatic rings. The van der Waals surface area contributed by atoms with Gasteiger partial charge in [0.05, 0.1) is 19.6 Å². The number of hydrogen-bond acceptors (Lipinski definition) is 7. The van der Waals surface area contributed by atoms with E-state index in [2.05, 4.69) is 0 Å². The summed E-state index contributed by atoms with van der Waals surface area (Å²) in [5.74, 6) is -1.24. The number of methoxy groups -OCH3 is 1. The van der Waals surface area contributed by atoms with Crippen molar-refractivity contribution in [1.82, 2.24) is 4.90 Å². The molecule has 1 aromatic rings. The Hall–Kier alpha value is -2.97. The number of amides is 1. The maximum Gasteiger partial charge on any atom is 0.413 e. The molecule has 1 aliphatic heterocycles. The monoisotopic (exact) mass is 437 g/mol. The molecule has 0 saturated carbocycles. The zero-order chi connectivity index (χ0) is 23.1. The molecular formula is C22H31NO8. The summed E-state index contributed by atoms with van der Waals surface area (Å²) in [5.41, 5.74) is 0. The number of carboxylic acid groups (broad SMARTS) is 1. The van der Waals surface area contributed by atoms with Crippen molar-refractivity contribution in [2.24, 2.45) is 17.8 Å². The Kier molecular flexibility index (Phi) is 8.53. The molecule has 0 unspecified atom stereocenters. The van der Waals surface area contributed by atoms with Crippen LogP contribution in [-0.2, 0) is 19.1 Å². The van der Waals surface area contributed by atoms with Crippen molar-refractivity contribution in [1.29, 1.82) is 0 Å². The first-order chi connectivity index (χ1) is 14.6. The predicted molar refractivity (Wildman–Crippen MR) is 111 cm³/mol. The lowest BCUT2D eigenvalue weighted by Gasteiger charge is -2.27. The fourth-order valence-corrected chi connectivity index (χ4v) is 3.10. The molecule has 9 nitrogen and oxygen atoms in total. The summed E-state index contributed by atoms with van der Waals surface area (Å²) in [7, 11) is 1.56. The van der Waals surface area contributed by atoms with Crippen LogP contribution in [0.15, 0.2) is 24.3 Å². The van der Waals surface area contributed by atoms with Gasteiger partial charge < -0.3 is 24.1 Å². The van der Waals surface area contributed by atoms with Crippen LogP contribution in [0.1, 0.15) is 34.1 Å². The van der Waals surface area contributed by atoms with Gasteiger partial charge in [-0.3, -0.25) is 9.69 Å². The second-order valence-corrected chi connectivity index (χ2v) is 8.19. The minimum atomic E-state index is -1.12. The van der Waals surface area contributed by atoms with Crippen molar-refractivity contribution in [3.8, 4) is 11.5 Å². The molecule has 9 heteroatoms. The van der Waals surface area contributed by atoms with Crippen LogP contribution in [0.3, 0.4) is 0 Å². The first-order valence-corrected chi connectivity index (χ1v) is 10.3. The predicted octanol–water partition coefficient (Wildman–Crippen LogP) is 3.17. The minimum Gasteiger partial charge on any atom is -0.497 e. The van der Waals surface area contributed by atoms with Gasteiger partial charge in [-0.15, -0.1) is 0 Å². The quantitative estimate of drug-likeness (QED) is 0.463. The third-order valence-corrected chi connectivity index (χ3v) is 4.90. The number of carbonyl (C=O) groups excluding carboxylic acids is 2. The number of esters is 1. The van der Waals surface area contributed by atoms with Gasteiger partial charge in [0.25, 0.3) is 6.29 Å². The second-order valence-electron chi connectivity index (χ2n) is 8.19. The van der Waals surface area contributed by atoms with Crippen LogP contribution < -0.4 is 9.47 Å². The number of benzene rings is 1. The standard InChI is InChI=1S/C22H31NO8/c1-13(2)20(26)30-21(14(3)4)31-22(27)23-11-15(9-18(23)19(24)25)12-29-17-8-6-7-16(10-17)28-5/h6-8,10,13-15,18,21H,9,11-12H2,1-5H3,(H,24,25)/t15-,18-,21+/m0/s1. The molecule has 1 heterocycles. The lowest BCUT2D eigenvalue weighted by atomic mass is 10.1. The van der Waals surface area contributed by atoms with Gasteiger partial charge in [-0.1, -0.05) is 33.8 Å². The number of carboxylic acids is 1. The number of rotatable bonds is 9. The van der Waals surface area contributed by atoms with E-state index in [0.717, 1.165) is 4.90 Å². The van der Waals surface area contributed by atoms with E-state index >= 15 is 0 Å². The number of nitrogens with zero attached hydrogens (tertiary/aromatic N) is 1. The SMILES string of the molecule is COc1cccc(OC[C@H]2C[C@@H](C(=O)O)N(C(=O)O[C@@H](OC(=O)C(C)C)C(C)C)C2)c1. The number of ether oxygens (including phenoxy) is 4. The molecule has 0 spiro atoms. The van der Waals surface area contributed by atoms with Crippen LogP contribution in [0, 0.1) is 17.8 Å². The van der Waals surface area contributed by atoms with Crippen LogP contribution in [0.2, 0.25) is 0 Å². The summed E-state index contributed by atoms with van der Waals surface area (Å²) in [5, 5.41) is 9.57. The van der Waals surface area contributed by atoms with Gasteiger partial charge in [0.2, 0.25) is 0 Å². The van der Waals surface area contributed by atoms with Crippen molar-refractivity contribution in [2.75, 3.05) is 20.3 Å². The first kappa shape index (κ1) is 24.3. The smallest absolute Gasteiger partial charge is 0.413 e. The summed E-state index contributed by atoms with van der Waals surface area (Å²) < 4.78 is 21.5. The van der Waals surface area contributed by atoms with Crippen molar-refractivity contribution in [3.05, 3.63) is 24.3 Å². The summed E-state index contributed by atoms with van der Waals surface area (Å²) in [6.45, 7) is 7.23. The highest BCUT2D eigenvalue weighted by molar-refractivity contribution is 5.81. The Morgan fingerprint density at radius 2 is 1.81 bits per heavy atom. The van der Waals surface area contributed by atoms with Crippen molar-refractivity contribution in [2.45, 2.75) is 46.4 Å². The van der Waals surface area contributed by atoms with Crippen LogP contribution >= 0.6 is 0 Å². The number of likely N-dealkylation sites (tertiary alicyclic amines) is 1. The molecule has 0 radical (unpaired) electrons. The van der Waals surface area contributed by atoms with Crippen LogP contribution in [-0.4, -0.2) is 60.6 Å². The molecule has 1 saturated heterocycles. The zero-order valence-corrected chi connectivity index (χ0v) is 18.6. The molecule has 172 valence electrons. The molecule has 0 aromatic heterocycles. The number of carbonyl (C=O) groups is 3. The second kappa shape index (κ2) is 10.9. The highest BCUT2D eigenvalue weighted by atomic mass is 16.7. The third-order valence-electron chi connectivity index (χ3n) is 4.90. The van der Waals surface area contributed by atoms with E-state index in [1.165, 1.54) is 0 Å². The van der Waals surface area contributed by atoms with Gasteiger partial charge in [-0.2, -0.15) is 0 Å². The Morgan fingerprint density at radius 1 is 1.13 bits per heavy atom. The highest BCUT2D eigenvalue weighted by Gasteiger charge is 2.42. The van der Waals surface area contributed by atoms with Gasteiger partial charge in [0.1, 0.15) is 17.5 Å². The molecule has 0 aliphatic carbocycles. The lowest BCUT2D eigenvalue weighted by Crippen LogP contribution is -2.43. The molecule has 1 amide bonds. The topological polar surface area (TPSA) is 112 Å². The van der Waals surface area contributed by atoms with Crippen molar-refractivity contribution in [3.63, 3.8) is 0 Å². The first-order valence-electron chi connectivity index (χ1n) is 10.3. The maximum atomic E-state index is 12.7. The summed E-state index contributed by atoms with van der Waals surface area (Å²) in [6, 6.07) is 6.04. The van der Waals surface area contributed by atoms with Crippen LogP contribution in [0.4, 0.5) is 4.79 Å². The molecule has 1 N–H and O–H groups in total. The molecule has 1 fully saturated rings. The Balaban J connectivity index is 2.01. The molecular weight excluding hydrogens is 406 g/mol. The van der Waals surface area contributed by atoms with E-state index in [0.29, 0.717) is 11.5 Å². The van der Waals surface area contributed by atoms with Crippen LogP contribution in [0.25, 0.3) is 0 Å². The van der Waals surface area contributed by atoms with E-state index in [1.54, 1.807) is 59.1 Å². The summed E-state index contributed by atoms with van der Waals surface area (Å²) >= 11 is 0. The van der Waals surface area contributed by atoms with E-state index in [-0.39, 0.29) is 37.3 Å². The zero-order valence-electron chi connectivity index (χ0n) is 18.6. The highest BCUT2D eigenvalue weighted by Crippen LogP contribution is 2.27. The fourth-order valence-electron chi connectivity index (χ4n) is 3.10. The van der Waals surface area contributed by atoms with Gasteiger partial charge >= 0.3 is 18.0 Å². The van der Waals surface area contributed by atoms with Gasteiger partial charge in [-0.05, 0) is 18.6 Å². The molecule has 0 bridgehead atoms. The number of hydrogen-bond donors (Lipinski definition) is 1. The molecule has 1 aromatic carbocycles. The van der Waals surface area contributed by atoms with Crippen LogP contribution in [0.5, 0.6) is 11.5 Å². The Morgan fingerprint density at radius 3 is 2.39 bits per heavy atom. The lowest BCUT2D eigenvalue weighted by molar-refractivity contribution is -0.181. The van der Waals surface area contributed by atoms with Crippen molar-refractivity contribution < 1.29 is 38.4 Å². The molecule has 31 heavy (non-hydrogen) atoms. The van der Waals surface area contributed by atoms with E-state index in [9.17, 15) is 19.5 Å². The molecule has 3 atom stereocenters. The van der Waals surface area contributed by atoms with Gasteiger partial charge in [0, 0.05) is 24.4 Å². The Bertz CT molecular complexity index is 779. The summed E-state index contributed by atoms with van der Waals surface area (Å²) in [4.78, 5) is 37.5. The Labute approximate surface area is 182 Å². The molecule has 2 rings (SSSR count). The van der Waals surface area contributed by atoms with Gasteiger partial charge in [0.15, 0.2) is 0 Å². The van der Waals surface area contributed by atoms with E-state index < -0.39 is 30.4 Å². The van der Waals surface area contributed by atoms with E-state index in [1.807, 2.05) is 0 Å². The maximum absolute atomic E-state index is 12.7. The number of aliphatic carboxylic acids is 1. The average molecular weight is 437 g/mol. The normalized spacial score (nSPS) is 19.3. The third kappa shape index (κ3) is 6.77. The van der Waals surface area contributed by atoms with Gasteiger partial charge in [-0.25, -0.2) is 9.59 Å². The minimum absolute atomic E-state index is 0.155. The largest absolute Gasteiger partial charge is 0.497 e.